The van der Waals surface area contributed by atoms with Crippen LogP contribution in [0.15, 0.2) is 52.7 Å². The van der Waals surface area contributed by atoms with Gasteiger partial charge < -0.3 is 50.5 Å². The first-order valence-electron chi connectivity index (χ1n) is 22.4. The molecule has 0 unspecified atom stereocenters. The SMILES string of the molecule is Nc1nc2c(c(C#CCCCCc3cn(Cc4ccc(Cn5cc(CCCCC#Cc6cn([C@H]7C[C@H](O)[C@@H](CO)O7)c7nc(N)[nH]c(=O)c67)nn5)nc4)nn3)cn2[C@H]2C[C@H](O)[C@@H](CO)O2)c(=O)[nH]1. The van der Waals surface area contributed by atoms with E-state index in [4.69, 9.17) is 20.9 Å². The molecule has 2 fully saturated rings. The quantitative estimate of drug-likeness (QED) is 0.0481. The number of nitrogens with one attached hydrogen (secondary N) is 2. The fourth-order valence-corrected chi connectivity index (χ4v) is 8.48. The molecule has 7 aromatic heterocycles. The van der Waals surface area contributed by atoms with Gasteiger partial charge in [-0.25, -0.2) is 9.36 Å². The summed E-state index contributed by atoms with van der Waals surface area (Å²) in [6, 6.07) is 3.96. The Bertz CT molecular complexity index is 2940. The Hall–Kier alpha value is -7.25. The number of fused-ring (bicyclic) bond motifs is 2. The predicted molar refractivity (Wildman–Crippen MR) is 244 cm³/mol. The highest BCUT2D eigenvalue weighted by Gasteiger charge is 2.37. The molecule has 2 aliphatic rings. The van der Waals surface area contributed by atoms with Crippen LogP contribution in [0.2, 0.25) is 0 Å². The highest BCUT2D eigenvalue weighted by Crippen LogP contribution is 2.33. The minimum absolute atomic E-state index is 0.0451. The summed E-state index contributed by atoms with van der Waals surface area (Å²) in [5.74, 6) is 12.4. The van der Waals surface area contributed by atoms with E-state index < -0.39 is 48.0 Å². The summed E-state index contributed by atoms with van der Waals surface area (Å²) < 4.78 is 18.4. The molecule has 6 atom stereocenters. The Morgan fingerprint density at radius 2 is 1.18 bits per heavy atom. The van der Waals surface area contributed by atoms with Gasteiger partial charge >= 0.3 is 0 Å². The van der Waals surface area contributed by atoms with Crippen molar-refractivity contribution >= 4 is 34.0 Å². The van der Waals surface area contributed by atoms with Crippen LogP contribution in [0.1, 0.15) is 97.6 Å². The molecule has 0 spiro atoms. The third-order valence-corrected chi connectivity index (χ3v) is 11.9. The van der Waals surface area contributed by atoms with E-state index in [0.717, 1.165) is 61.2 Å². The van der Waals surface area contributed by atoms with Crippen LogP contribution in [0.4, 0.5) is 11.9 Å². The third-order valence-electron chi connectivity index (χ3n) is 11.9. The average Bonchev–Trinajstić information content (AvgIpc) is 4.19. The van der Waals surface area contributed by atoms with Gasteiger partial charge in [0.05, 0.1) is 77.5 Å². The Balaban J connectivity index is 0.706. The molecular weight excluding hydrogens is 879 g/mol. The average molecular weight is 930 g/mol. The fourth-order valence-electron chi connectivity index (χ4n) is 8.48. The Morgan fingerprint density at radius 1 is 0.676 bits per heavy atom. The Labute approximate surface area is 387 Å². The van der Waals surface area contributed by atoms with E-state index in [1.165, 1.54) is 0 Å². The first-order valence-corrected chi connectivity index (χ1v) is 22.4. The van der Waals surface area contributed by atoms with Crippen LogP contribution in [0.5, 0.6) is 0 Å². The number of aromatic nitrogens is 13. The molecule has 2 saturated heterocycles. The number of hydrogen-bond donors (Lipinski definition) is 8. The number of nitrogen functional groups attached to an aromatic ring is 2. The molecule has 2 aliphatic heterocycles. The first kappa shape index (κ1) is 45.9. The summed E-state index contributed by atoms with van der Waals surface area (Å²) in [6.07, 6.45) is 10.9. The lowest BCUT2D eigenvalue weighted by molar-refractivity contribution is -0.0430. The van der Waals surface area contributed by atoms with Gasteiger partial charge in [-0.3, -0.25) is 24.5 Å². The lowest BCUT2D eigenvalue weighted by Crippen LogP contribution is -2.24. The second-order valence-corrected chi connectivity index (χ2v) is 16.9. The molecule has 68 heavy (non-hydrogen) atoms. The molecule has 23 heteroatoms. The van der Waals surface area contributed by atoms with Crippen molar-refractivity contribution in [1.29, 1.82) is 0 Å². The van der Waals surface area contributed by atoms with Crippen LogP contribution in [0, 0.1) is 23.7 Å². The maximum absolute atomic E-state index is 12.8. The van der Waals surface area contributed by atoms with Gasteiger partial charge in [0.2, 0.25) is 11.9 Å². The van der Waals surface area contributed by atoms with E-state index in [-0.39, 0.29) is 48.7 Å². The highest BCUT2D eigenvalue weighted by molar-refractivity contribution is 5.84. The normalized spacial score (nSPS) is 20.2. The van der Waals surface area contributed by atoms with Crippen molar-refractivity contribution in [1.82, 2.24) is 64.0 Å². The molecule has 0 radical (unpaired) electrons. The van der Waals surface area contributed by atoms with Crippen molar-refractivity contribution in [2.75, 3.05) is 24.7 Å². The molecule has 0 bridgehead atoms. The van der Waals surface area contributed by atoms with Gasteiger partial charge in [0.15, 0.2) is 11.3 Å². The lowest BCUT2D eigenvalue weighted by atomic mass is 10.1. The van der Waals surface area contributed by atoms with Gasteiger partial charge in [-0.1, -0.05) is 40.2 Å². The van der Waals surface area contributed by atoms with Gasteiger partial charge in [-0.15, -0.1) is 10.2 Å². The maximum Gasteiger partial charge on any atom is 0.263 e. The summed E-state index contributed by atoms with van der Waals surface area (Å²) in [6.45, 7) is 0.322. The van der Waals surface area contributed by atoms with Crippen molar-refractivity contribution in [3.8, 4) is 23.7 Å². The van der Waals surface area contributed by atoms with Crippen LogP contribution in [-0.2, 0) is 35.4 Å². The second kappa shape index (κ2) is 20.3. The van der Waals surface area contributed by atoms with Crippen LogP contribution in [0.3, 0.4) is 0 Å². The number of nitrogens with zero attached hydrogens (tertiary/aromatic N) is 11. The second-order valence-electron chi connectivity index (χ2n) is 16.9. The van der Waals surface area contributed by atoms with Gasteiger partial charge in [0.25, 0.3) is 11.1 Å². The topological polar surface area (TPSA) is 327 Å². The summed E-state index contributed by atoms with van der Waals surface area (Å²) in [4.78, 5) is 44.0. The zero-order valence-electron chi connectivity index (χ0n) is 36.9. The molecule has 0 aromatic carbocycles. The monoisotopic (exact) mass is 929 g/mol. The summed E-state index contributed by atoms with van der Waals surface area (Å²) in [5, 5.41) is 57.4. The van der Waals surface area contributed by atoms with E-state index in [9.17, 15) is 30.0 Å². The van der Waals surface area contributed by atoms with Gasteiger partial charge in [-0.2, -0.15) is 9.97 Å². The van der Waals surface area contributed by atoms with Crippen LogP contribution >= 0.6 is 0 Å². The highest BCUT2D eigenvalue weighted by atomic mass is 16.5. The summed E-state index contributed by atoms with van der Waals surface area (Å²) >= 11 is 0. The van der Waals surface area contributed by atoms with E-state index >= 15 is 0 Å². The van der Waals surface area contributed by atoms with Gasteiger partial charge in [-0.05, 0) is 50.2 Å². The zero-order chi connectivity index (χ0) is 47.3. The smallest absolute Gasteiger partial charge is 0.263 e. The number of aryl methyl sites for hydroxylation is 2. The van der Waals surface area contributed by atoms with Gasteiger partial charge in [0.1, 0.15) is 24.7 Å². The van der Waals surface area contributed by atoms with Crippen molar-refractivity contribution in [3.05, 3.63) is 97.6 Å². The molecule has 0 saturated carbocycles. The molecule has 354 valence electrons. The minimum atomic E-state index is -0.855. The number of unbranched alkanes of at least 4 members (excludes halogenated alkanes) is 4. The van der Waals surface area contributed by atoms with Crippen LogP contribution in [-0.4, -0.2) is 122 Å². The van der Waals surface area contributed by atoms with Crippen molar-refractivity contribution < 1.29 is 29.9 Å². The molecule has 0 amide bonds. The van der Waals surface area contributed by atoms with E-state index in [1.807, 2.05) is 30.7 Å². The Kier molecular flexibility index (Phi) is 13.7. The number of anilines is 2. The number of rotatable bonds is 16. The number of ether oxygens (including phenoxy) is 2. The predicted octanol–water partition coefficient (Wildman–Crippen LogP) is 0.412. The van der Waals surface area contributed by atoms with Crippen molar-refractivity contribution in [3.63, 3.8) is 0 Å². The first-order chi connectivity index (χ1) is 33.0. The molecule has 23 nitrogen and oxygen atoms in total. The number of hydrogen-bond acceptors (Lipinski definition) is 17. The van der Waals surface area contributed by atoms with E-state index in [1.54, 1.807) is 30.9 Å². The van der Waals surface area contributed by atoms with Crippen molar-refractivity contribution in [2.45, 2.75) is 114 Å². The fraction of sp³-hybridized carbons (Fsp3) is 0.444. The number of aliphatic hydroxyl groups is 4. The molecular formula is C45H51N15O8. The Morgan fingerprint density at radius 3 is 1.63 bits per heavy atom. The minimum Gasteiger partial charge on any atom is -0.394 e. The molecule has 7 aromatic rings. The largest absolute Gasteiger partial charge is 0.394 e. The maximum atomic E-state index is 12.8. The van der Waals surface area contributed by atoms with Crippen LogP contribution < -0.4 is 22.6 Å². The zero-order valence-corrected chi connectivity index (χ0v) is 36.9. The number of H-pyrrole nitrogens is 2. The van der Waals surface area contributed by atoms with Gasteiger partial charge in [0, 0.05) is 56.7 Å². The van der Waals surface area contributed by atoms with E-state index in [2.05, 4.69) is 69.2 Å². The molecule has 10 N–H and O–H groups in total. The van der Waals surface area contributed by atoms with Crippen LogP contribution in [0.25, 0.3) is 22.1 Å². The molecule has 9 rings (SSSR count). The molecule has 0 aliphatic carbocycles. The number of nitrogens with two attached hydrogens (primary N) is 2. The summed E-state index contributed by atoms with van der Waals surface area (Å²) in [7, 11) is 0. The number of aliphatic hydroxyl groups excluding tert-OH is 4. The number of pyridine rings is 1. The summed E-state index contributed by atoms with van der Waals surface area (Å²) in [5.41, 5.74) is 15.9. The van der Waals surface area contributed by atoms with Crippen molar-refractivity contribution in [2.24, 2.45) is 0 Å². The lowest BCUT2D eigenvalue weighted by Gasteiger charge is -2.14. The van der Waals surface area contributed by atoms with E-state index in [0.29, 0.717) is 48.4 Å². The molecule has 9 heterocycles. The standard InChI is InChI=1S/C45H51N15O8/c46-44-49-40-38(42(65)51-44)27(19-59(40)36-15-32(63)34(24-61)67-36)9-5-1-3-7-11-30-22-57(55-53-30)18-26-13-14-29(48-17-26)21-58-23-31(54-56-58)12-8-4-2-6-10-28-20-60(37-16-33(64)35(25-62)68-37)41-39(28)43(66)52-45(47)50-41/h13-14,17,19-20,22-23,32-37,61-64H,1-4,7-8,11-12,15-16,18,21,24-25H2,(H3,46,49,51,65)(H3,47,50,52,66)/t32-,33-,34+,35+,36+,37+/m0/s1. The number of aromatic amines is 2. The third kappa shape index (κ3) is 10.2.